The van der Waals surface area contributed by atoms with E-state index < -0.39 is 6.04 Å². The van der Waals surface area contributed by atoms with Gasteiger partial charge in [0.1, 0.15) is 0 Å². The second-order valence-corrected chi connectivity index (χ2v) is 8.21. The first-order valence-electron chi connectivity index (χ1n) is 10.3. The van der Waals surface area contributed by atoms with Crippen LogP contribution in [0, 0.1) is 6.92 Å². The number of methoxy groups -OCH3 is 1. The van der Waals surface area contributed by atoms with Gasteiger partial charge in [-0.15, -0.1) is 11.3 Å². The number of carbonyl (C=O) groups is 1. The van der Waals surface area contributed by atoms with Crippen molar-refractivity contribution in [3.8, 4) is 17.4 Å². The fourth-order valence-corrected chi connectivity index (χ4v) is 4.41. The SMILES string of the molecule is CCOc1ccc(C(CC(=O)Nc2nc(C)cs2)n2cc3ccccc3c2O)cc1OC. The number of aromatic nitrogens is 2. The lowest BCUT2D eigenvalue weighted by Gasteiger charge is -2.21. The first-order chi connectivity index (χ1) is 15.5. The van der Waals surface area contributed by atoms with Gasteiger partial charge in [0.2, 0.25) is 5.91 Å². The summed E-state index contributed by atoms with van der Waals surface area (Å²) in [6.07, 6.45) is 1.96. The topological polar surface area (TPSA) is 85.6 Å². The molecule has 7 nitrogen and oxygen atoms in total. The third-order valence-corrected chi connectivity index (χ3v) is 6.05. The van der Waals surface area contributed by atoms with Crippen LogP contribution in [0.4, 0.5) is 5.13 Å². The summed E-state index contributed by atoms with van der Waals surface area (Å²) >= 11 is 1.38. The Labute approximate surface area is 190 Å². The Balaban J connectivity index is 1.73. The van der Waals surface area contributed by atoms with E-state index in [2.05, 4.69) is 10.3 Å². The minimum absolute atomic E-state index is 0.102. The average molecular weight is 452 g/mol. The summed E-state index contributed by atoms with van der Waals surface area (Å²) in [7, 11) is 1.58. The van der Waals surface area contributed by atoms with Crippen LogP contribution in [0.15, 0.2) is 54.0 Å². The zero-order valence-corrected chi connectivity index (χ0v) is 19.0. The smallest absolute Gasteiger partial charge is 0.228 e. The van der Waals surface area contributed by atoms with E-state index in [1.54, 1.807) is 11.7 Å². The lowest BCUT2D eigenvalue weighted by molar-refractivity contribution is -0.116. The standard InChI is InChI=1S/C24H25N3O4S/c1-4-31-20-10-9-16(11-21(20)30-3)19(12-22(28)26-24-25-15(2)14-32-24)27-13-17-7-5-6-8-18(17)23(27)29/h5-11,13-14,19,29H,4,12H2,1-3H3,(H,25,26,28). The number of rotatable bonds is 8. The fraction of sp³-hybridized carbons (Fsp3) is 0.250. The van der Waals surface area contributed by atoms with Crippen molar-refractivity contribution in [2.24, 2.45) is 0 Å². The normalized spacial score (nSPS) is 12.0. The molecule has 0 aliphatic carbocycles. The molecule has 32 heavy (non-hydrogen) atoms. The van der Waals surface area contributed by atoms with Gasteiger partial charge >= 0.3 is 0 Å². The molecule has 2 aromatic heterocycles. The Hall–Kier alpha value is -3.52. The number of aryl methyl sites for hydroxylation is 1. The maximum Gasteiger partial charge on any atom is 0.228 e. The van der Waals surface area contributed by atoms with Crippen LogP contribution in [0.3, 0.4) is 0 Å². The van der Waals surface area contributed by atoms with E-state index >= 15 is 0 Å². The van der Waals surface area contributed by atoms with Crippen molar-refractivity contribution in [2.75, 3.05) is 19.0 Å². The van der Waals surface area contributed by atoms with Gasteiger partial charge in [0, 0.05) is 22.3 Å². The molecule has 1 atom stereocenters. The molecule has 4 aromatic rings. The molecule has 0 saturated heterocycles. The number of nitrogens with one attached hydrogen (secondary N) is 1. The monoisotopic (exact) mass is 451 g/mol. The molecule has 1 amide bonds. The van der Waals surface area contributed by atoms with E-state index in [1.807, 2.05) is 67.9 Å². The summed E-state index contributed by atoms with van der Waals surface area (Å²) < 4.78 is 12.9. The summed E-state index contributed by atoms with van der Waals surface area (Å²) in [5.74, 6) is 1.11. The van der Waals surface area contributed by atoms with E-state index in [9.17, 15) is 9.90 Å². The predicted molar refractivity (Wildman–Crippen MR) is 126 cm³/mol. The summed E-state index contributed by atoms with van der Waals surface area (Å²) in [4.78, 5) is 17.2. The second kappa shape index (κ2) is 9.32. The minimum atomic E-state index is -0.465. The van der Waals surface area contributed by atoms with Crippen LogP contribution in [-0.2, 0) is 4.79 Å². The summed E-state index contributed by atoms with van der Waals surface area (Å²) in [5.41, 5.74) is 1.67. The Bertz CT molecular complexity index is 1250. The highest BCUT2D eigenvalue weighted by atomic mass is 32.1. The van der Waals surface area contributed by atoms with Gasteiger partial charge in [-0.05, 0) is 37.6 Å². The van der Waals surface area contributed by atoms with Gasteiger partial charge in [-0.1, -0.05) is 24.3 Å². The van der Waals surface area contributed by atoms with Crippen LogP contribution in [0.5, 0.6) is 17.4 Å². The van der Waals surface area contributed by atoms with E-state index in [0.29, 0.717) is 23.2 Å². The Morgan fingerprint density at radius 3 is 2.75 bits per heavy atom. The van der Waals surface area contributed by atoms with Gasteiger partial charge in [-0.3, -0.25) is 4.79 Å². The molecule has 4 rings (SSSR count). The lowest BCUT2D eigenvalue weighted by atomic mass is 10.0. The second-order valence-electron chi connectivity index (χ2n) is 7.35. The molecular weight excluding hydrogens is 426 g/mol. The van der Waals surface area contributed by atoms with Gasteiger partial charge < -0.3 is 24.5 Å². The number of hydrogen-bond acceptors (Lipinski definition) is 6. The number of aromatic hydroxyl groups is 1. The number of fused-ring (bicyclic) bond motifs is 1. The maximum atomic E-state index is 12.9. The van der Waals surface area contributed by atoms with Crippen molar-refractivity contribution >= 4 is 33.1 Å². The van der Waals surface area contributed by atoms with E-state index in [4.69, 9.17) is 9.47 Å². The van der Waals surface area contributed by atoms with Crippen molar-refractivity contribution in [3.63, 3.8) is 0 Å². The van der Waals surface area contributed by atoms with Gasteiger partial charge in [0.25, 0.3) is 0 Å². The van der Waals surface area contributed by atoms with E-state index in [-0.39, 0.29) is 18.2 Å². The molecule has 8 heteroatoms. The molecule has 2 aromatic carbocycles. The molecule has 0 aliphatic rings. The fourth-order valence-electron chi connectivity index (χ4n) is 3.70. The quantitative estimate of drug-likeness (QED) is 0.388. The number of nitrogens with zero attached hydrogens (tertiary/aromatic N) is 2. The predicted octanol–water partition coefficient (Wildman–Crippen LogP) is 5.14. The van der Waals surface area contributed by atoms with Crippen LogP contribution in [-0.4, -0.2) is 34.3 Å². The maximum absolute atomic E-state index is 12.9. The Morgan fingerprint density at radius 2 is 2.06 bits per heavy atom. The van der Waals surface area contributed by atoms with Gasteiger partial charge in [-0.25, -0.2) is 4.98 Å². The van der Waals surface area contributed by atoms with Gasteiger partial charge in [-0.2, -0.15) is 0 Å². The first kappa shape index (κ1) is 21.7. The number of carbonyl (C=O) groups excluding carboxylic acids is 1. The Morgan fingerprint density at radius 1 is 1.25 bits per heavy atom. The highest BCUT2D eigenvalue weighted by Crippen LogP contribution is 2.37. The highest BCUT2D eigenvalue weighted by molar-refractivity contribution is 7.13. The third-order valence-electron chi connectivity index (χ3n) is 5.18. The summed E-state index contributed by atoms with van der Waals surface area (Å²) in [5, 5.41) is 17.9. The molecule has 0 aliphatic heterocycles. The number of amides is 1. The van der Waals surface area contributed by atoms with E-state index in [0.717, 1.165) is 22.0 Å². The molecule has 2 heterocycles. The number of anilines is 1. The van der Waals surface area contributed by atoms with Crippen LogP contribution >= 0.6 is 11.3 Å². The zero-order chi connectivity index (χ0) is 22.7. The lowest BCUT2D eigenvalue weighted by Crippen LogP contribution is -2.20. The summed E-state index contributed by atoms with van der Waals surface area (Å²) in [6.45, 7) is 4.30. The number of ether oxygens (including phenoxy) is 2. The van der Waals surface area contributed by atoms with Crippen molar-refractivity contribution in [2.45, 2.75) is 26.3 Å². The molecule has 1 unspecified atom stereocenters. The molecule has 2 N–H and O–H groups in total. The third kappa shape index (κ3) is 4.40. The van der Waals surface area contributed by atoms with Crippen LogP contribution in [0.25, 0.3) is 10.8 Å². The van der Waals surface area contributed by atoms with Crippen molar-refractivity contribution in [1.29, 1.82) is 0 Å². The van der Waals surface area contributed by atoms with Gasteiger partial charge in [0.05, 0.1) is 31.9 Å². The number of hydrogen-bond donors (Lipinski definition) is 2. The largest absolute Gasteiger partial charge is 0.494 e. The van der Waals surface area contributed by atoms with Crippen molar-refractivity contribution in [1.82, 2.24) is 9.55 Å². The molecule has 166 valence electrons. The molecule has 0 spiro atoms. The molecule has 0 fully saturated rings. The zero-order valence-electron chi connectivity index (χ0n) is 18.2. The highest BCUT2D eigenvalue weighted by Gasteiger charge is 2.24. The number of thiazole rings is 1. The van der Waals surface area contributed by atoms with Crippen LogP contribution in [0.1, 0.15) is 30.6 Å². The first-order valence-corrected chi connectivity index (χ1v) is 11.2. The van der Waals surface area contributed by atoms with Crippen LogP contribution in [0.2, 0.25) is 0 Å². The van der Waals surface area contributed by atoms with Crippen molar-refractivity contribution in [3.05, 3.63) is 65.3 Å². The Kier molecular flexibility index (Phi) is 6.32. The molecule has 0 saturated carbocycles. The number of benzene rings is 2. The van der Waals surface area contributed by atoms with Crippen molar-refractivity contribution < 1.29 is 19.4 Å². The van der Waals surface area contributed by atoms with Crippen LogP contribution < -0.4 is 14.8 Å². The van der Waals surface area contributed by atoms with Gasteiger partial charge in [0.15, 0.2) is 22.5 Å². The average Bonchev–Trinajstić information content (AvgIpc) is 3.35. The molecule has 0 radical (unpaired) electrons. The minimum Gasteiger partial charge on any atom is -0.494 e. The molecular formula is C24H25N3O4S. The molecule has 0 bridgehead atoms. The summed E-state index contributed by atoms with van der Waals surface area (Å²) in [6, 6.07) is 12.7. The van der Waals surface area contributed by atoms with E-state index in [1.165, 1.54) is 11.3 Å².